The molecule has 3 aromatic rings. The first-order valence-corrected chi connectivity index (χ1v) is 10.3. The Morgan fingerprint density at radius 1 is 1.03 bits per heavy atom. The van der Waals surface area contributed by atoms with Crippen molar-refractivity contribution in [3.8, 4) is 5.82 Å². The lowest BCUT2D eigenvalue weighted by molar-refractivity contribution is 0.0142. The molecular formula is C24H31N3O2. The van der Waals surface area contributed by atoms with Crippen LogP contribution in [0.1, 0.15) is 49.5 Å². The number of aromatic nitrogens is 3. The van der Waals surface area contributed by atoms with Crippen LogP contribution in [-0.4, -0.2) is 33.7 Å². The van der Waals surface area contributed by atoms with Crippen molar-refractivity contribution in [3.63, 3.8) is 0 Å². The summed E-state index contributed by atoms with van der Waals surface area (Å²) in [5, 5.41) is 5.05. The maximum absolute atomic E-state index is 6.28. The minimum atomic E-state index is -0.0349. The topological polar surface area (TPSA) is 41.2 Å². The summed E-state index contributed by atoms with van der Waals surface area (Å²) in [6, 6.07) is 16.8. The highest BCUT2D eigenvalue weighted by atomic mass is 16.5. The second-order valence-electron chi connectivity index (χ2n) is 8.97. The predicted molar refractivity (Wildman–Crippen MR) is 115 cm³/mol. The number of hydrogen-bond acceptors (Lipinski definition) is 3. The molecule has 1 aliphatic rings. The zero-order chi connectivity index (χ0) is 20.6. The predicted octanol–water partition coefficient (Wildman–Crippen LogP) is 4.74. The molecule has 0 spiro atoms. The average molecular weight is 394 g/mol. The first-order chi connectivity index (χ1) is 13.8. The Kier molecular flexibility index (Phi) is 5.36. The summed E-state index contributed by atoms with van der Waals surface area (Å²) in [4.78, 5) is 0. The zero-order valence-corrected chi connectivity index (χ0v) is 18.1. The van der Waals surface area contributed by atoms with E-state index >= 15 is 0 Å². The quantitative estimate of drug-likeness (QED) is 0.628. The summed E-state index contributed by atoms with van der Waals surface area (Å²) >= 11 is 0. The molecule has 154 valence electrons. The van der Waals surface area contributed by atoms with E-state index in [-0.39, 0.29) is 17.6 Å². The Morgan fingerprint density at radius 3 is 2.38 bits per heavy atom. The van der Waals surface area contributed by atoms with Crippen LogP contribution in [-0.2, 0) is 21.5 Å². The fraction of sp³-hybridized carbons (Fsp3) is 0.458. The number of nitrogens with zero attached hydrogens (tertiary/aromatic N) is 3. The van der Waals surface area contributed by atoms with E-state index in [0.29, 0.717) is 19.8 Å². The maximum atomic E-state index is 6.28. The third kappa shape index (κ3) is 4.02. The normalized spacial score (nSPS) is 19.8. The Hall–Kier alpha value is -2.37. The number of hydrogen-bond donors (Lipinski definition) is 0. The van der Waals surface area contributed by atoms with E-state index in [4.69, 9.17) is 14.6 Å². The van der Waals surface area contributed by atoms with Gasteiger partial charge in [-0.15, -0.1) is 0 Å². The molecule has 5 nitrogen and oxygen atoms in total. The molecule has 0 N–H and O–H groups in total. The Morgan fingerprint density at radius 2 is 1.72 bits per heavy atom. The lowest BCUT2D eigenvalue weighted by atomic mass is 9.91. The van der Waals surface area contributed by atoms with E-state index in [1.807, 2.05) is 18.2 Å². The molecule has 1 aromatic carbocycles. The molecule has 0 bridgehead atoms. The summed E-state index contributed by atoms with van der Waals surface area (Å²) in [6.45, 7) is 12.7. The highest BCUT2D eigenvalue weighted by Gasteiger charge is 2.35. The highest BCUT2D eigenvalue weighted by Crippen LogP contribution is 2.32. The van der Waals surface area contributed by atoms with Crippen molar-refractivity contribution in [1.82, 2.24) is 14.3 Å². The van der Waals surface area contributed by atoms with Crippen LogP contribution in [0.2, 0.25) is 0 Å². The number of ether oxygens (including phenoxy) is 2. The number of rotatable bonds is 5. The molecule has 0 aliphatic carbocycles. The fourth-order valence-electron chi connectivity index (χ4n) is 4.02. The van der Waals surface area contributed by atoms with Gasteiger partial charge in [0.15, 0.2) is 5.82 Å². The second-order valence-corrected chi connectivity index (χ2v) is 8.97. The average Bonchev–Trinajstić information content (AvgIpc) is 3.38. The Bertz CT molecular complexity index is 946. The SMILES string of the molecule is Cc1ccc(C)n1-c1cc(C(C)(C)C)n([C@@H]2COC[C@H]2OCc2ccccc2)n1. The van der Waals surface area contributed by atoms with E-state index in [1.165, 1.54) is 22.6 Å². The molecule has 4 rings (SSSR count). The third-order valence-electron chi connectivity index (χ3n) is 5.61. The molecule has 0 unspecified atom stereocenters. The second kappa shape index (κ2) is 7.81. The molecule has 1 fully saturated rings. The number of aryl methyl sites for hydroxylation is 2. The Balaban J connectivity index is 1.65. The largest absolute Gasteiger partial charge is 0.376 e. The van der Waals surface area contributed by atoms with E-state index in [1.54, 1.807) is 0 Å². The van der Waals surface area contributed by atoms with Gasteiger partial charge in [-0.25, -0.2) is 0 Å². The van der Waals surface area contributed by atoms with Crippen molar-refractivity contribution < 1.29 is 9.47 Å². The van der Waals surface area contributed by atoms with Crippen molar-refractivity contribution in [3.05, 3.63) is 71.2 Å². The van der Waals surface area contributed by atoms with Crippen LogP contribution in [0.3, 0.4) is 0 Å². The van der Waals surface area contributed by atoms with Gasteiger partial charge >= 0.3 is 0 Å². The molecule has 2 aromatic heterocycles. The van der Waals surface area contributed by atoms with Crippen molar-refractivity contribution in [1.29, 1.82) is 0 Å². The zero-order valence-electron chi connectivity index (χ0n) is 18.1. The van der Waals surface area contributed by atoms with Crippen LogP contribution in [0.4, 0.5) is 0 Å². The summed E-state index contributed by atoms with van der Waals surface area (Å²) in [5.41, 5.74) is 4.71. The molecule has 29 heavy (non-hydrogen) atoms. The monoisotopic (exact) mass is 393 g/mol. The maximum Gasteiger partial charge on any atom is 0.159 e. The van der Waals surface area contributed by atoms with Gasteiger partial charge in [0, 0.05) is 28.6 Å². The van der Waals surface area contributed by atoms with E-state index in [2.05, 4.69) is 74.2 Å². The van der Waals surface area contributed by atoms with Gasteiger partial charge in [-0.2, -0.15) is 5.10 Å². The van der Waals surface area contributed by atoms with Crippen molar-refractivity contribution >= 4 is 0 Å². The molecule has 1 saturated heterocycles. The van der Waals surface area contributed by atoms with Crippen LogP contribution in [0, 0.1) is 13.8 Å². The van der Waals surface area contributed by atoms with Crippen LogP contribution < -0.4 is 0 Å². The summed E-state index contributed by atoms with van der Waals surface area (Å²) in [7, 11) is 0. The fourth-order valence-corrected chi connectivity index (χ4v) is 4.02. The van der Waals surface area contributed by atoms with Gasteiger partial charge in [-0.05, 0) is 31.5 Å². The van der Waals surface area contributed by atoms with Gasteiger partial charge in [0.1, 0.15) is 12.1 Å². The van der Waals surface area contributed by atoms with Gasteiger partial charge in [-0.1, -0.05) is 51.1 Å². The molecule has 0 saturated carbocycles. The van der Waals surface area contributed by atoms with E-state index in [9.17, 15) is 0 Å². The molecular weight excluding hydrogens is 362 g/mol. The lowest BCUT2D eigenvalue weighted by Crippen LogP contribution is -2.30. The smallest absolute Gasteiger partial charge is 0.159 e. The molecule has 2 atom stereocenters. The highest BCUT2D eigenvalue weighted by molar-refractivity contribution is 5.35. The third-order valence-corrected chi connectivity index (χ3v) is 5.61. The molecule has 5 heteroatoms. The Labute approximate surface area is 173 Å². The van der Waals surface area contributed by atoms with Crippen molar-refractivity contribution in [2.45, 2.75) is 58.8 Å². The summed E-state index contributed by atoms with van der Waals surface area (Å²) < 4.78 is 16.5. The summed E-state index contributed by atoms with van der Waals surface area (Å²) in [5.74, 6) is 0.962. The van der Waals surface area contributed by atoms with Gasteiger partial charge in [0.05, 0.1) is 19.8 Å². The van der Waals surface area contributed by atoms with Crippen molar-refractivity contribution in [2.24, 2.45) is 0 Å². The standard InChI is InChI=1S/C24H31N3O2/c1-17-11-12-18(2)26(17)23-13-22(24(3,4)5)27(25-23)20-15-28-16-21(20)29-14-19-9-7-6-8-10-19/h6-13,20-21H,14-16H2,1-5H3/t20-,21-/m1/s1. The molecule has 0 radical (unpaired) electrons. The minimum absolute atomic E-state index is 0.0177. The lowest BCUT2D eigenvalue weighted by Gasteiger charge is -2.26. The summed E-state index contributed by atoms with van der Waals surface area (Å²) in [6.07, 6.45) is -0.0177. The van der Waals surface area contributed by atoms with Gasteiger partial charge in [0.2, 0.25) is 0 Å². The van der Waals surface area contributed by atoms with Crippen LogP contribution >= 0.6 is 0 Å². The van der Waals surface area contributed by atoms with E-state index < -0.39 is 0 Å². The van der Waals surface area contributed by atoms with Crippen LogP contribution in [0.5, 0.6) is 0 Å². The first kappa shape index (κ1) is 19.9. The molecule has 3 heterocycles. The van der Waals surface area contributed by atoms with Gasteiger partial charge in [-0.3, -0.25) is 4.68 Å². The van der Waals surface area contributed by atoms with Gasteiger partial charge < -0.3 is 14.0 Å². The molecule has 1 aliphatic heterocycles. The minimum Gasteiger partial charge on any atom is -0.376 e. The van der Waals surface area contributed by atoms with Gasteiger partial charge in [0.25, 0.3) is 0 Å². The first-order valence-electron chi connectivity index (χ1n) is 10.3. The van der Waals surface area contributed by atoms with Crippen molar-refractivity contribution in [2.75, 3.05) is 13.2 Å². The van der Waals surface area contributed by atoms with Crippen LogP contribution in [0.15, 0.2) is 48.5 Å². The molecule has 0 amide bonds. The van der Waals surface area contributed by atoms with E-state index in [0.717, 1.165) is 5.82 Å². The number of benzene rings is 1. The van der Waals surface area contributed by atoms with Crippen LogP contribution in [0.25, 0.3) is 5.82 Å².